The summed E-state index contributed by atoms with van der Waals surface area (Å²) in [6.07, 6.45) is 2.93. The number of hydrogen-bond acceptors (Lipinski definition) is 2. The largest absolute Gasteiger partial charge is 0.245 e. The molecule has 14 heavy (non-hydrogen) atoms. The zero-order valence-electron chi connectivity index (χ0n) is 7.11. The standard InChI is InChI=1S/C10H6ClFN2/c11-7-1-2-9(12)8(5-7)10-3-4-13-6-14-10/h1-6H. The van der Waals surface area contributed by atoms with E-state index in [1.807, 2.05) is 0 Å². The first-order valence-electron chi connectivity index (χ1n) is 3.99. The highest BCUT2D eigenvalue weighted by Gasteiger charge is 2.05. The maximum Gasteiger partial charge on any atom is 0.132 e. The second-order valence-electron chi connectivity index (χ2n) is 2.72. The van der Waals surface area contributed by atoms with Crippen LogP contribution in [0.4, 0.5) is 4.39 Å². The van der Waals surface area contributed by atoms with Crippen molar-refractivity contribution in [3.63, 3.8) is 0 Å². The summed E-state index contributed by atoms with van der Waals surface area (Å²) in [5, 5.41) is 0.486. The fraction of sp³-hybridized carbons (Fsp3) is 0. The third-order valence-corrected chi connectivity index (χ3v) is 2.02. The van der Waals surface area contributed by atoms with E-state index in [-0.39, 0.29) is 5.82 Å². The predicted octanol–water partition coefficient (Wildman–Crippen LogP) is 2.94. The highest BCUT2D eigenvalue weighted by molar-refractivity contribution is 6.30. The van der Waals surface area contributed by atoms with E-state index in [1.165, 1.54) is 18.5 Å². The molecule has 1 aromatic carbocycles. The third kappa shape index (κ3) is 1.72. The fourth-order valence-corrected chi connectivity index (χ4v) is 1.32. The van der Waals surface area contributed by atoms with Crippen LogP contribution in [0.1, 0.15) is 0 Å². The number of halogens is 2. The monoisotopic (exact) mass is 208 g/mol. The molecular weight excluding hydrogens is 203 g/mol. The zero-order valence-corrected chi connectivity index (χ0v) is 7.87. The van der Waals surface area contributed by atoms with Crippen LogP contribution in [0, 0.1) is 5.82 Å². The molecule has 0 radical (unpaired) electrons. The Labute approximate surface area is 85.4 Å². The van der Waals surface area contributed by atoms with Crippen LogP contribution < -0.4 is 0 Å². The molecule has 0 N–H and O–H groups in total. The minimum Gasteiger partial charge on any atom is -0.245 e. The van der Waals surface area contributed by atoms with Gasteiger partial charge < -0.3 is 0 Å². The van der Waals surface area contributed by atoms with Crippen LogP contribution in [0.25, 0.3) is 11.3 Å². The van der Waals surface area contributed by atoms with Crippen LogP contribution in [0.2, 0.25) is 5.02 Å². The summed E-state index contributed by atoms with van der Waals surface area (Å²) in [5.41, 5.74) is 0.917. The number of nitrogens with zero attached hydrogens (tertiary/aromatic N) is 2. The SMILES string of the molecule is Fc1ccc(Cl)cc1-c1ccncn1. The van der Waals surface area contributed by atoms with Crippen molar-refractivity contribution in [1.82, 2.24) is 9.97 Å². The topological polar surface area (TPSA) is 25.8 Å². The lowest BCUT2D eigenvalue weighted by Crippen LogP contribution is -1.87. The highest BCUT2D eigenvalue weighted by Crippen LogP contribution is 2.23. The summed E-state index contributed by atoms with van der Waals surface area (Å²) < 4.78 is 13.3. The number of benzene rings is 1. The first kappa shape index (κ1) is 9.09. The van der Waals surface area contributed by atoms with Gasteiger partial charge in [0.2, 0.25) is 0 Å². The molecule has 0 fully saturated rings. The van der Waals surface area contributed by atoms with Crippen LogP contribution in [-0.4, -0.2) is 9.97 Å². The van der Waals surface area contributed by atoms with E-state index in [0.717, 1.165) is 0 Å². The lowest BCUT2D eigenvalue weighted by molar-refractivity contribution is 0.630. The van der Waals surface area contributed by atoms with Crippen LogP contribution >= 0.6 is 11.6 Å². The van der Waals surface area contributed by atoms with Gasteiger partial charge in [-0.1, -0.05) is 11.6 Å². The predicted molar refractivity (Wildman–Crippen MR) is 52.4 cm³/mol. The van der Waals surface area contributed by atoms with Crippen molar-refractivity contribution in [2.75, 3.05) is 0 Å². The van der Waals surface area contributed by atoms with E-state index < -0.39 is 0 Å². The molecule has 2 nitrogen and oxygen atoms in total. The summed E-state index contributed by atoms with van der Waals surface area (Å²) in [5.74, 6) is -0.340. The third-order valence-electron chi connectivity index (χ3n) is 1.79. The quantitative estimate of drug-likeness (QED) is 0.720. The molecule has 0 atom stereocenters. The molecule has 1 aromatic heterocycles. The van der Waals surface area contributed by atoms with Crippen LogP contribution in [0.15, 0.2) is 36.8 Å². The normalized spacial score (nSPS) is 10.1. The smallest absolute Gasteiger partial charge is 0.132 e. The average Bonchev–Trinajstić information content (AvgIpc) is 2.23. The first-order valence-corrected chi connectivity index (χ1v) is 4.36. The molecule has 2 aromatic rings. The molecule has 2 rings (SSSR count). The molecule has 0 aliphatic carbocycles. The lowest BCUT2D eigenvalue weighted by Gasteiger charge is -2.01. The van der Waals surface area contributed by atoms with Gasteiger partial charge in [0.25, 0.3) is 0 Å². The Morgan fingerprint density at radius 2 is 2.07 bits per heavy atom. The maximum absolute atomic E-state index is 13.3. The average molecular weight is 209 g/mol. The second-order valence-corrected chi connectivity index (χ2v) is 3.16. The van der Waals surface area contributed by atoms with Gasteiger partial charge in [0.05, 0.1) is 5.69 Å². The van der Waals surface area contributed by atoms with Crippen LogP contribution in [-0.2, 0) is 0 Å². The van der Waals surface area contributed by atoms with Crippen molar-refractivity contribution in [2.24, 2.45) is 0 Å². The molecule has 0 saturated carbocycles. The Morgan fingerprint density at radius 3 is 2.79 bits per heavy atom. The highest BCUT2D eigenvalue weighted by atomic mass is 35.5. The van der Waals surface area contributed by atoms with Gasteiger partial charge in [0, 0.05) is 16.8 Å². The molecule has 0 spiro atoms. The van der Waals surface area contributed by atoms with Gasteiger partial charge in [-0.15, -0.1) is 0 Å². The molecule has 1 heterocycles. The molecule has 0 amide bonds. The maximum atomic E-state index is 13.3. The minimum atomic E-state index is -0.340. The van der Waals surface area contributed by atoms with E-state index in [2.05, 4.69) is 9.97 Å². The first-order chi connectivity index (χ1) is 6.77. The Morgan fingerprint density at radius 1 is 1.21 bits per heavy atom. The lowest BCUT2D eigenvalue weighted by atomic mass is 10.1. The molecule has 4 heteroatoms. The van der Waals surface area contributed by atoms with Gasteiger partial charge in [-0.25, -0.2) is 14.4 Å². The summed E-state index contributed by atoms with van der Waals surface area (Å²) >= 11 is 5.76. The Balaban J connectivity index is 2.57. The van der Waals surface area contributed by atoms with E-state index in [0.29, 0.717) is 16.3 Å². The fourth-order valence-electron chi connectivity index (χ4n) is 1.14. The molecule has 0 saturated heterocycles. The van der Waals surface area contributed by atoms with Crippen molar-refractivity contribution >= 4 is 11.6 Å². The molecule has 70 valence electrons. The summed E-state index contributed by atoms with van der Waals surface area (Å²) in [6.45, 7) is 0. The number of aromatic nitrogens is 2. The van der Waals surface area contributed by atoms with E-state index in [4.69, 9.17) is 11.6 Å². The molecular formula is C10H6ClFN2. The Kier molecular flexibility index (Phi) is 2.41. The Hall–Kier alpha value is -1.48. The molecule has 0 bridgehead atoms. The van der Waals surface area contributed by atoms with Crippen molar-refractivity contribution in [1.29, 1.82) is 0 Å². The number of hydrogen-bond donors (Lipinski definition) is 0. The second kappa shape index (κ2) is 3.72. The van der Waals surface area contributed by atoms with Crippen LogP contribution in [0.3, 0.4) is 0 Å². The summed E-state index contributed by atoms with van der Waals surface area (Å²) in [6, 6.07) is 6.00. The molecule has 0 aliphatic heterocycles. The van der Waals surface area contributed by atoms with E-state index in [9.17, 15) is 4.39 Å². The Bertz CT molecular complexity index is 445. The van der Waals surface area contributed by atoms with Gasteiger partial charge >= 0.3 is 0 Å². The molecule has 0 unspecified atom stereocenters. The van der Waals surface area contributed by atoms with Gasteiger partial charge in [0.1, 0.15) is 12.1 Å². The van der Waals surface area contributed by atoms with Crippen molar-refractivity contribution in [2.45, 2.75) is 0 Å². The van der Waals surface area contributed by atoms with Crippen LogP contribution in [0.5, 0.6) is 0 Å². The van der Waals surface area contributed by atoms with Crippen molar-refractivity contribution in [3.8, 4) is 11.3 Å². The van der Waals surface area contributed by atoms with Gasteiger partial charge in [-0.2, -0.15) is 0 Å². The van der Waals surface area contributed by atoms with Gasteiger partial charge in [-0.05, 0) is 24.3 Å². The van der Waals surface area contributed by atoms with E-state index >= 15 is 0 Å². The summed E-state index contributed by atoms with van der Waals surface area (Å²) in [7, 11) is 0. The zero-order chi connectivity index (χ0) is 9.97. The minimum absolute atomic E-state index is 0.340. The summed E-state index contributed by atoms with van der Waals surface area (Å²) in [4.78, 5) is 7.70. The molecule has 0 aliphatic rings. The van der Waals surface area contributed by atoms with Gasteiger partial charge in [0.15, 0.2) is 0 Å². The van der Waals surface area contributed by atoms with Crippen molar-refractivity contribution in [3.05, 3.63) is 47.6 Å². The van der Waals surface area contributed by atoms with E-state index in [1.54, 1.807) is 18.3 Å². The van der Waals surface area contributed by atoms with Gasteiger partial charge in [-0.3, -0.25) is 0 Å². The van der Waals surface area contributed by atoms with Crippen molar-refractivity contribution < 1.29 is 4.39 Å². The number of rotatable bonds is 1.